The van der Waals surface area contributed by atoms with E-state index in [1.165, 1.54) is 13.0 Å². The first kappa shape index (κ1) is 17.3. The Labute approximate surface area is 139 Å². The van der Waals surface area contributed by atoms with Crippen LogP contribution in [0.4, 0.5) is 22.0 Å². The Morgan fingerprint density at radius 2 is 1.20 bits per heavy atom. The van der Waals surface area contributed by atoms with Gasteiger partial charge in [-0.25, -0.2) is 22.0 Å². The first-order valence-corrected chi connectivity index (χ1v) is 7.39. The van der Waals surface area contributed by atoms with Crippen molar-refractivity contribution in [2.45, 2.75) is 13.3 Å². The van der Waals surface area contributed by atoms with E-state index in [0.717, 1.165) is 0 Å². The third-order valence-electron chi connectivity index (χ3n) is 4.51. The molecular formula is C18H11F5O2. The van der Waals surface area contributed by atoms with Gasteiger partial charge in [0, 0.05) is 17.6 Å². The molecule has 3 rings (SSSR count). The monoisotopic (exact) mass is 354 g/mol. The van der Waals surface area contributed by atoms with E-state index in [9.17, 15) is 31.5 Å². The molecule has 2 aliphatic rings. The Morgan fingerprint density at radius 3 is 1.72 bits per heavy atom. The fraction of sp³-hybridized carbons (Fsp3) is 0.222. The van der Waals surface area contributed by atoms with E-state index in [0.29, 0.717) is 0 Å². The van der Waals surface area contributed by atoms with Gasteiger partial charge in [-0.2, -0.15) is 0 Å². The van der Waals surface area contributed by atoms with Crippen LogP contribution in [0.15, 0.2) is 35.5 Å². The van der Waals surface area contributed by atoms with Gasteiger partial charge < -0.3 is 0 Å². The van der Waals surface area contributed by atoms with E-state index in [2.05, 4.69) is 0 Å². The van der Waals surface area contributed by atoms with Crippen molar-refractivity contribution < 1.29 is 31.5 Å². The number of fused-ring (bicyclic) bond motifs is 1. The molecule has 0 amide bonds. The topological polar surface area (TPSA) is 34.1 Å². The van der Waals surface area contributed by atoms with Crippen molar-refractivity contribution in [3.8, 4) is 0 Å². The molecule has 0 saturated heterocycles. The molecule has 0 fully saturated rings. The predicted molar refractivity (Wildman–Crippen MR) is 77.9 cm³/mol. The SMILES string of the molecule is CC1=C(Cc2c(F)c(F)c(F)c(F)c2F)C(=O)C2C=CC=CC2C1=O. The largest absolute Gasteiger partial charge is 0.294 e. The second-order valence-corrected chi connectivity index (χ2v) is 5.88. The summed E-state index contributed by atoms with van der Waals surface area (Å²) >= 11 is 0. The highest BCUT2D eigenvalue weighted by molar-refractivity contribution is 6.15. The minimum absolute atomic E-state index is 0.0323. The van der Waals surface area contributed by atoms with Crippen LogP contribution in [-0.4, -0.2) is 11.6 Å². The van der Waals surface area contributed by atoms with Crippen LogP contribution in [0, 0.1) is 40.9 Å². The maximum atomic E-state index is 13.9. The molecule has 0 heterocycles. The predicted octanol–water partition coefficient (Wildman–Crippen LogP) is 3.75. The molecule has 0 radical (unpaired) electrons. The first-order valence-electron chi connectivity index (χ1n) is 7.39. The number of rotatable bonds is 2. The lowest BCUT2D eigenvalue weighted by Gasteiger charge is -2.29. The van der Waals surface area contributed by atoms with Crippen LogP contribution in [0.1, 0.15) is 12.5 Å². The van der Waals surface area contributed by atoms with Gasteiger partial charge in [0.05, 0.1) is 11.8 Å². The molecule has 7 heteroatoms. The smallest absolute Gasteiger partial charge is 0.200 e. The first-order chi connectivity index (χ1) is 11.8. The number of benzene rings is 1. The highest BCUT2D eigenvalue weighted by atomic mass is 19.2. The van der Waals surface area contributed by atoms with Crippen LogP contribution in [-0.2, 0) is 16.0 Å². The molecule has 0 saturated carbocycles. The van der Waals surface area contributed by atoms with Crippen molar-refractivity contribution in [3.05, 3.63) is 70.1 Å². The normalized spacial score (nSPS) is 22.6. The number of halogens is 5. The van der Waals surface area contributed by atoms with E-state index >= 15 is 0 Å². The summed E-state index contributed by atoms with van der Waals surface area (Å²) in [6.07, 6.45) is 5.35. The number of hydrogen-bond acceptors (Lipinski definition) is 2. The lowest BCUT2D eigenvalue weighted by molar-refractivity contribution is -0.127. The van der Waals surface area contributed by atoms with Crippen molar-refractivity contribution in [1.29, 1.82) is 0 Å². The molecule has 0 N–H and O–H groups in total. The number of Topliss-reactive ketones (excluding diaryl/α,β-unsaturated/α-hetero) is 2. The standard InChI is InChI=1S/C18H11F5O2/c1-7-10(18(25)9-5-3-2-4-8(9)17(7)24)6-11-12(19)14(21)16(23)15(22)13(11)20/h2-5,8-9H,6H2,1H3. The van der Waals surface area contributed by atoms with E-state index in [-0.39, 0.29) is 11.1 Å². The highest BCUT2D eigenvalue weighted by Gasteiger charge is 2.40. The number of carbonyl (C=O) groups is 2. The van der Waals surface area contributed by atoms with E-state index in [1.807, 2.05) is 0 Å². The molecule has 130 valence electrons. The maximum absolute atomic E-state index is 13.9. The summed E-state index contributed by atoms with van der Waals surface area (Å²) in [5.74, 6) is -13.0. The average Bonchev–Trinajstić information content (AvgIpc) is 2.62. The number of ketones is 2. The van der Waals surface area contributed by atoms with Gasteiger partial charge in [-0.1, -0.05) is 24.3 Å². The lowest BCUT2D eigenvalue weighted by atomic mass is 9.71. The molecule has 2 nitrogen and oxygen atoms in total. The summed E-state index contributed by atoms with van der Waals surface area (Å²) in [5, 5.41) is 0. The van der Waals surface area contributed by atoms with Crippen LogP contribution < -0.4 is 0 Å². The van der Waals surface area contributed by atoms with E-state index in [1.54, 1.807) is 18.2 Å². The Hall–Kier alpha value is -2.57. The third kappa shape index (κ3) is 2.54. The van der Waals surface area contributed by atoms with Gasteiger partial charge in [0.2, 0.25) is 5.82 Å². The highest BCUT2D eigenvalue weighted by Crippen LogP contribution is 2.35. The Balaban J connectivity index is 2.11. The molecule has 0 aliphatic heterocycles. The maximum Gasteiger partial charge on any atom is 0.200 e. The number of hydrogen-bond donors (Lipinski definition) is 0. The van der Waals surface area contributed by atoms with Gasteiger partial charge in [-0.3, -0.25) is 9.59 Å². The molecule has 0 bridgehead atoms. The second kappa shape index (κ2) is 6.06. The Morgan fingerprint density at radius 1 is 0.760 bits per heavy atom. The van der Waals surface area contributed by atoms with Crippen LogP contribution in [0.2, 0.25) is 0 Å². The van der Waals surface area contributed by atoms with E-state index in [4.69, 9.17) is 0 Å². The molecule has 2 unspecified atom stereocenters. The van der Waals surface area contributed by atoms with Crippen molar-refractivity contribution in [2.75, 3.05) is 0 Å². The van der Waals surface area contributed by atoms with Gasteiger partial charge in [-0.05, 0) is 12.5 Å². The van der Waals surface area contributed by atoms with Gasteiger partial charge in [0.15, 0.2) is 34.8 Å². The third-order valence-corrected chi connectivity index (χ3v) is 4.51. The molecule has 1 aromatic rings. The zero-order valence-corrected chi connectivity index (χ0v) is 12.9. The molecule has 0 spiro atoms. The second-order valence-electron chi connectivity index (χ2n) is 5.88. The molecular weight excluding hydrogens is 343 g/mol. The lowest BCUT2D eigenvalue weighted by Crippen LogP contribution is -2.36. The number of carbonyl (C=O) groups excluding carboxylic acids is 2. The van der Waals surface area contributed by atoms with Gasteiger partial charge >= 0.3 is 0 Å². The molecule has 0 aromatic heterocycles. The zero-order valence-electron chi connectivity index (χ0n) is 12.9. The Kier molecular flexibility index (Phi) is 4.18. The summed E-state index contributed by atoms with van der Waals surface area (Å²) in [6, 6.07) is 0. The van der Waals surface area contributed by atoms with Gasteiger partial charge in [0.25, 0.3) is 0 Å². The van der Waals surface area contributed by atoms with Crippen LogP contribution in [0.5, 0.6) is 0 Å². The van der Waals surface area contributed by atoms with Crippen LogP contribution >= 0.6 is 0 Å². The summed E-state index contributed by atoms with van der Waals surface area (Å²) < 4.78 is 67.6. The van der Waals surface area contributed by atoms with Gasteiger partial charge in [-0.15, -0.1) is 0 Å². The minimum Gasteiger partial charge on any atom is -0.294 e. The van der Waals surface area contributed by atoms with Gasteiger partial charge in [0.1, 0.15) is 0 Å². The number of allylic oxidation sites excluding steroid dienone is 6. The average molecular weight is 354 g/mol. The quantitative estimate of drug-likeness (QED) is 0.461. The van der Waals surface area contributed by atoms with Crippen molar-refractivity contribution in [1.82, 2.24) is 0 Å². The van der Waals surface area contributed by atoms with E-state index < -0.39 is 64.5 Å². The summed E-state index contributed by atoms with van der Waals surface area (Å²) in [4.78, 5) is 25.0. The molecule has 2 aliphatic carbocycles. The molecule has 2 atom stereocenters. The minimum atomic E-state index is -2.27. The van der Waals surface area contributed by atoms with Crippen molar-refractivity contribution in [3.63, 3.8) is 0 Å². The van der Waals surface area contributed by atoms with Crippen LogP contribution in [0.25, 0.3) is 0 Å². The fourth-order valence-electron chi connectivity index (χ4n) is 3.09. The van der Waals surface area contributed by atoms with Crippen molar-refractivity contribution >= 4 is 11.6 Å². The van der Waals surface area contributed by atoms with Crippen molar-refractivity contribution in [2.24, 2.45) is 11.8 Å². The zero-order chi connectivity index (χ0) is 18.5. The Bertz CT molecular complexity index is 866. The van der Waals surface area contributed by atoms with Crippen LogP contribution in [0.3, 0.4) is 0 Å². The fourth-order valence-corrected chi connectivity index (χ4v) is 3.09. The summed E-state index contributed by atoms with van der Waals surface area (Å²) in [5.41, 5.74) is -1.40. The molecule has 1 aromatic carbocycles. The molecule has 25 heavy (non-hydrogen) atoms. The summed E-state index contributed by atoms with van der Waals surface area (Å²) in [7, 11) is 0. The summed E-state index contributed by atoms with van der Waals surface area (Å²) in [6.45, 7) is 1.31.